The summed E-state index contributed by atoms with van der Waals surface area (Å²) in [4.78, 5) is 11.5. The zero-order chi connectivity index (χ0) is 11.4. The summed E-state index contributed by atoms with van der Waals surface area (Å²) < 4.78 is 11.1. The summed E-state index contributed by atoms with van der Waals surface area (Å²) >= 11 is 2.11. The van der Waals surface area contributed by atoms with Gasteiger partial charge in [0.1, 0.15) is 11.5 Å². The number of halogens is 1. The summed E-state index contributed by atoms with van der Waals surface area (Å²) in [6.45, 7) is -0.0416. The second-order valence-corrected chi connectivity index (χ2v) is 3.98. The van der Waals surface area contributed by atoms with Gasteiger partial charge in [0.25, 0.3) is 0 Å². The van der Waals surface area contributed by atoms with Gasteiger partial charge in [-0.25, -0.2) is 0 Å². The SMILES string of the molecule is COc1cc(C(=O)CN)c(OC)cc1I. The molecule has 0 bridgehead atoms. The molecule has 0 aliphatic rings. The number of benzene rings is 1. The molecule has 1 rings (SSSR count). The number of carbonyl (C=O) groups excluding carboxylic acids is 1. The molecule has 0 heterocycles. The third kappa shape index (κ3) is 2.60. The zero-order valence-electron chi connectivity index (χ0n) is 8.54. The Hall–Kier alpha value is -0.820. The average molecular weight is 321 g/mol. The van der Waals surface area contributed by atoms with Gasteiger partial charge in [0, 0.05) is 0 Å². The van der Waals surface area contributed by atoms with E-state index in [0.717, 1.165) is 3.57 Å². The fourth-order valence-electron chi connectivity index (χ4n) is 1.19. The largest absolute Gasteiger partial charge is 0.496 e. The molecule has 0 spiro atoms. The maximum Gasteiger partial charge on any atom is 0.180 e. The van der Waals surface area contributed by atoms with Gasteiger partial charge < -0.3 is 15.2 Å². The number of hydrogen-bond acceptors (Lipinski definition) is 4. The fourth-order valence-corrected chi connectivity index (χ4v) is 1.85. The molecule has 1 aromatic rings. The molecular formula is C10H12INO3. The van der Waals surface area contributed by atoms with E-state index in [1.165, 1.54) is 7.11 Å². The zero-order valence-corrected chi connectivity index (χ0v) is 10.7. The van der Waals surface area contributed by atoms with E-state index in [1.54, 1.807) is 19.2 Å². The van der Waals surface area contributed by atoms with Gasteiger partial charge in [-0.15, -0.1) is 0 Å². The number of nitrogens with two attached hydrogens (primary N) is 1. The van der Waals surface area contributed by atoms with Crippen LogP contribution < -0.4 is 15.2 Å². The molecule has 0 aliphatic carbocycles. The Labute approximate surface area is 102 Å². The highest BCUT2D eigenvalue weighted by molar-refractivity contribution is 14.1. The molecule has 0 aliphatic heterocycles. The van der Waals surface area contributed by atoms with E-state index in [1.807, 2.05) is 0 Å². The lowest BCUT2D eigenvalue weighted by Gasteiger charge is -2.10. The second-order valence-electron chi connectivity index (χ2n) is 2.81. The molecule has 0 fully saturated rings. The lowest BCUT2D eigenvalue weighted by atomic mass is 10.1. The lowest BCUT2D eigenvalue weighted by Crippen LogP contribution is -2.15. The van der Waals surface area contributed by atoms with E-state index in [0.29, 0.717) is 17.1 Å². The van der Waals surface area contributed by atoms with Gasteiger partial charge >= 0.3 is 0 Å². The number of ether oxygens (including phenoxy) is 2. The summed E-state index contributed by atoms with van der Waals surface area (Å²) in [5.74, 6) is 1.01. The van der Waals surface area contributed by atoms with Crippen molar-refractivity contribution in [1.29, 1.82) is 0 Å². The van der Waals surface area contributed by atoms with Gasteiger partial charge in [-0.1, -0.05) is 0 Å². The normalized spacial score (nSPS) is 9.87. The van der Waals surface area contributed by atoms with Crippen molar-refractivity contribution >= 4 is 28.4 Å². The van der Waals surface area contributed by atoms with Gasteiger partial charge in [0.2, 0.25) is 0 Å². The average Bonchev–Trinajstić information content (AvgIpc) is 2.27. The monoisotopic (exact) mass is 321 g/mol. The Morgan fingerprint density at radius 1 is 1.33 bits per heavy atom. The van der Waals surface area contributed by atoms with Crippen molar-refractivity contribution in [2.45, 2.75) is 0 Å². The fraction of sp³-hybridized carbons (Fsp3) is 0.300. The van der Waals surface area contributed by atoms with Crippen LogP contribution in [0.25, 0.3) is 0 Å². The van der Waals surface area contributed by atoms with Crippen LogP contribution >= 0.6 is 22.6 Å². The minimum absolute atomic E-state index is 0.0416. The third-order valence-electron chi connectivity index (χ3n) is 1.96. The molecule has 0 saturated heterocycles. The third-order valence-corrected chi connectivity index (χ3v) is 2.80. The molecule has 0 aromatic heterocycles. The molecule has 15 heavy (non-hydrogen) atoms. The molecule has 4 nitrogen and oxygen atoms in total. The van der Waals surface area contributed by atoms with Crippen LogP contribution in [0.5, 0.6) is 11.5 Å². The second kappa shape index (κ2) is 5.32. The minimum atomic E-state index is -0.165. The van der Waals surface area contributed by atoms with E-state index in [2.05, 4.69) is 22.6 Å². The molecule has 0 unspecified atom stereocenters. The van der Waals surface area contributed by atoms with Crippen molar-refractivity contribution in [2.24, 2.45) is 5.73 Å². The summed E-state index contributed by atoms with van der Waals surface area (Å²) in [6.07, 6.45) is 0. The van der Waals surface area contributed by atoms with E-state index >= 15 is 0 Å². The number of rotatable bonds is 4. The molecule has 0 amide bonds. The summed E-state index contributed by atoms with van der Waals surface area (Å²) in [5, 5.41) is 0. The van der Waals surface area contributed by atoms with Crippen molar-refractivity contribution in [2.75, 3.05) is 20.8 Å². The first kappa shape index (κ1) is 12.3. The van der Waals surface area contributed by atoms with Crippen LogP contribution in [0, 0.1) is 3.57 Å². The Bertz CT molecular complexity index is 379. The molecule has 1 aromatic carbocycles. The number of hydrogen-bond donors (Lipinski definition) is 1. The quantitative estimate of drug-likeness (QED) is 0.674. The molecule has 82 valence electrons. The maximum atomic E-state index is 11.5. The van der Waals surface area contributed by atoms with Crippen LogP contribution in [0.1, 0.15) is 10.4 Å². The van der Waals surface area contributed by atoms with Gasteiger partial charge in [-0.2, -0.15) is 0 Å². The highest BCUT2D eigenvalue weighted by Gasteiger charge is 2.14. The summed E-state index contributed by atoms with van der Waals surface area (Å²) in [7, 11) is 3.08. The smallest absolute Gasteiger partial charge is 0.180 e. The Morgan fingerprint density at radius 3 is 2.40 bits per heavy atom. The van der Waals surface area contributed by atoms with Crippen molar-refractivity contribution in [3.63, 3.8) is 0 Å². The number of methoxy groups -OCH3 is 2. The van der Waals surface area contributed by atoms with E-state index < -0.39 is 0 Å². The predicted octanol–water partition coefficient (Wildman–Crippen LogP) is 1.45. The highest BCUT2D eigenvalue weighted by Crippen LogP contribution is 2.29. The Balaban J connectivity index is 3.28. The van der Waals surface area contributed by atoms with Gasteiger partial charge in [-0.05, 0) is 34.7 Å². The van der Waals surface area contributed by atoms with E-state index in [9.17, 15) is 4.79 Å². The Morgan fingerprint density at radius 2 is 1.93 bits per heavy atom. The van der Waals surface area contributed by atoms with Crippen LogP contribution in [-0.4, -0.2) is 26.5 Å². The standard InChI is InChI=1S/C10H12INO3/c1-14-9-4-7(11)10(15-2)3-6(9)8(13)5-12/h3-4H,5,12H2,1-2H3. The molecule has 0 saturated carbocycles. The predicted molar refractivity (Wildman–Crippen MR) is 65.6 cm³/mol. The highest BCUT2D eigenvalue weighted by atomic mass is 127. The van der Waals surface area contributed by atoms with Gasteiger partial charge in [0.05, 0.1) is 29.9 Å². The first-order chi connectivity index (χ1) is 7.13. The summed E-state index contributed by atoms with van der Waals surface area (Å²) in [6, 6.07) is 3.40. The van der Waals surface area contributed by atoms with Gasteiger partial charge in [-0.3, -0.25) is 4.79 Å². The van der Waals surface area contributed by atoms with Crippen molar-refractivity contribution in [3.8, 4) is 11.5 Å². The van der Waals surface area contributed by atoms with E-state index in [-0.39, 0.29) is 12.3 Å². The maximum absolute atomic E-state index is 11.5. The van der Waals surface area contributed by atoms with Crippen LogP contribution in [0.4, 0.5) is 0 Å². The number of carbonyl (C=O) groups is 1. The van der Waals surface area contributed by atoms with Crippen molar-refractivity contribution in [3.05, 3.63) is 21.3 Å². The van der Waals surface area contributed by atoms with Crippen molar-refractivity contribution in [1.82, 2.24) is 0 Å². The number of ketones is 1. The van der Waals surface area contributed by atoms with E-state index in [4.69, 9.17) is 15.2 Å². The first-order valence-corrected chi connectivity index (χ1v) is 5.36. The van der Waals surface area contributed by atoms with Crippen LogP contribution in [0.15, 0.2) is 12.1 Å². The molecule has 2 N–H and O–H groups in total. The number of Topliss-reactive ketones (excluding diaryl/α,β-unsaturated/α-hetero) is 1. The molecular weight excluding hydrogens is 309 g/mol. The first-order valence-electron chi connectivity index (χ1n) is 4.28. The van der Waals surface area contributed by atoms with Crippen LogP contribution in [0.3, 0.4) is 0 Å². The van der Waals surface area contributed by atoms with Crippen molar-refractivity contribution < 1.29 is 14.3 Å². The minimum Gasteiger partial charge on any atom is -0.496 e. The van der Waals surface area contributed by atoms with Gasteiger partial charge in [0.15, 0.2) is 5.78 Å². The lowest BCUT2D eigenvalue weighted by molar-refractivity contribution is 0.0998. The van der Waals surface area contributed by atoms with Crippen LogP contribution in [-0.2, 0) is 0 Å². The topological polar surface area (TPSA) is 61.5 Å². The Kier molecular flexibility index (Phi) is 4.34. The molecule has 0 atom stereocenters. The molecule has 5 heteroatoms. The van der Waals surface area contributed by atoms with Crippen LogP contribution in [0.2, 0.25) is 0 Å². The molecule has 0 radical (unpaired) electrons. The summed E-state index contributed by atoms with van der Waals surface area (Å²) in [5.41, 5.74) is 5.77.